The number of hydrogen-bond acceptors (Lipinski definition) is 2. The molecule has 1 N–H and O–H groups in total. The summed E-state index contributed by atoms with van der Waals surface area (Å²) in [6.07, 6.45) is 2.31. The van der Waals surface area contributed by atoms with E-state index < -0.39 is 23.1 Å². The molecule has 2 aromatic rings. The summed E-state index contributed by atoms with van der Waals surface area (Å²) < 4.78 is 44.2. The first-order chi connectivity index (χ1) is 15.2. The number of hydrogen-bond donors (Lipinski definition) is 1. The van der Waals surface area contributed by atoms with Gasteiger partial charge in [0.05, 0.1) is 11.0 Å². The van der Waals surface area contributed by atoms with Gasteiger partial charge in [0.25, 0.3) is 0 Å². The van der Waals surface area contributed by atoms with E-state index in [-0.39, 0.29) is 6.42 Å². The predicted octanol–water partition coefficient (Wildman–Crippen LogP) is 6.61. The summed E-state index contributed by atoms with van der Waals surface area (Å²) in [5.41, 5.74) is 1.20. The topological polar surface area (TPSA) is 46.5 Å². The van der Waals surface area contributed by atoms with Crippen molar-refractivity contribution in [3.8, 4) is 23.0 Å². The van der Waals surface area contributed by atoms with Crippen LogP contribution >= 0.6 is 0 Å². The van der Waals surface area contributed by atoms with Gasteiger partial charge in [0.2, 0.25) is 0 Å². The molecule has 3 nitrogen and oxygen atoms in total. The fourth-order valence-corrected chi connectivity index (χ4v) is 3.55. The van der Waals surface area contributed by atoms with E-state index >= 15 is 0 Å². The molecule has 166 valence electrons. The van der Waals surface area contributed by atoms with E-state index in [2.05, 4.69) is 11.8 Å². The van der Waals surface area contributed by atoms with E-state index in [0.717, 1.165) is 23.3 Å². The van der Waals surface area contributed by atoms with Gasteiger partial charge in [-0.1, -0.05) is 42.3 Å². The fourth-order valence-electron chi connectivity index (χ4n) is 3.55. The smallest absolute Gasteiger partial charge is 0.416 e. The lowest BCUT2D eigenvalue weighted by atomic mass is 9.78. The van der Waals surface area contributed by atoms with E-state index in [9.17, 15) is 18.0 Å². The lowest BCUT2D eigenvalue weighted by Gasteiger charge is -2.26. The van der Waals surface area contributed by atoms with Crippen molar-refractivity contribution in [1.29, 1.82) is 0 Å². The second-order valence-electron chi connectivity index (χ2n) is 7.63. The number of aliphatic carboxylic acids is 1. The minimum Gasteiger partial charge on any atom is -0.489 e. The maximum atomic E-state index is 12.8. The number of carbonyl (C=O) groups is 1. The predicted molar refractivity (Wildman–Crippen MR) is 116 cm³/mol. The van der Waals surface area contributed by atoms with Gasteiger partial charge in [0.1, 0.15) is 12.4 Å². The second-order valence-corrected chi connectivity index (χ2v) is 7.63. The molecule has 32 heavy (non-hydrogen) atoms. The normalized spacial score (nSPS) is 17.8. The highest BCUT2D eigenvalue weighted by Gasteiger charge is 2.30. The van der Waals surface area contributed by atoms with Crippen molar-refractivity contribution in [1.82, 2.24) is 0 Å². The van der Waals surface area contributed by atoms with E-state index in [1.54, 1.807) is 6.92 Å². The number of carboxylic acid groups (broad SMARTS) is 1. The molecule has 1 unspecified atom stereocenters. The van der Waals surface area contributed by atoms with Gasteiger partial charge < -0.3 is 9.84 Å². The second kappa shape index (κ2) is 9.78. The van der Waals surface area contributed by atoms with Crippen molar-refractivity contribution in [3.63, 3.8) is 0 Å². The van der Waals surface area contributed by atoms with Crippen LogP contribution in [0.5, 0.6) is 0 Å². The van der Waals surface area contributed by atoms with E-state index in [1.807, 2.05) is 42.5 Å². The Balaban J connectivity index is 1.64. The zero-order valence-corrected chi connectivity index (χ0v) is 17.6. The van der Waals surface area contributed by atoms with Crippen LogP contribution in [-0.2, 0) is 22.3 Å². The van der Waals surface area contributed by atoms with Gasteiger partial charge in [-0.25, -0.2) is 0 Å². The summed E-state index contributed by atoms with van der Waals surface area (Å²) in [7, 11) is 0. The Labute approximate surface area is 185 Å². The molecule has 2 aromatic carbocycles. The van der Waals surface area contributed by atoms with Crippen LogP contribution < -0.4 is 0 Å². The number of carboxylic acids is 1. The third-order valence-electron chi connectivity index (χ3n) is 5.27. The molecule has 0 aromatic heterocycles. The zero-order chi connectivity index (χ0) is 23.2. The Morgan fingerprint density at radius 2 is 1.91 bits per heavy atom. The van der Waals surface area contributed by atoms with Gasteiger partial charge >= 0.3 is 12.1 Å². The van der Waals surface area contributed by atoms with Crippen molar-refractivity contribution >= 4 is 5.97 Å². The maximum Gasteiger partial charge on any atom is 0.416 e. The number of alkyl halides is 3. The van der Waals surface area contributed by atoms with Gasteiger partial charge in [-0.2, -0.15) is 13.2 Å². The molecule has 0 amide bonds. The average molecular weight is 440 g/mol. The lowest BCUT2D eigenvalue weighted by Crippen LogP contribution is -2.19. The van der Waals surface area contributed by atoms with E-state index in [1.165, 1.54) is 12.1 Å². The van der Waals surface area contributed by atoms with E-state index in [4.69, 9.17) is 9.84 Å². The van der Waals surface area contributed by atoms with Crippen LogP contribution in [0.4, 0.5) is 13.2 Å². The van der Waals surface area contributed by atoms with Crippen LogP contribution in [0.25, 0.3) is 11.1 Å². The van der Waals surface area contributed by atoms with Crippen molar-refractivity contribution < 1.29 is 27.8 Å². The number of rotatable bonds is 7. The lowest BCUT2D eigenvalue weighted by molar-refractivity contribution is -0.138. The molecule has 0 saturated carbocycles. The summed E-state index contributed by atoms with van der Waals surface area (Å²) in [5.74, 6) is 5.82. The minimum absolute atomic E-state index is 0.0415. The molecule has 0 heterocycles. The Kier molecular flexibility index (Phi) is 7.09. The third kappa shape index (κ3) is 6.04. The third-order valence-corrected chi connectivity index (χ3v) is 5.27. The van der Waals surface area contributed by atoms with Crippen LogP contribution in [0.15, 0.2) is 72.5 Å². The average Bonchev–Trinajstić information content (AvgIpc) is 2.77. The number of allylic oxidation sites excluding steroid dienone is 3. The monoisotopic (exact) mass is 440 g/mol. The summed E-state index contributed by atoms with van der Waals surface area (Å²) in [6.45, 7) is 2.03. The first kappa shape index (κ1) is 23.2. The van der Waals surface area contributed by atoms with Gasteiger partial charge in [0.15, 0.2) is 0 Å². The van der Waals surface area contributed by atoms with E-state index in [0.29, 0.717) is 30.8 Å². The van der Waals surface area contributed by atoms with Crippen LogP contribution in [0, 0.1) is 17.3 Å². The largest absolute Gasteiger partial charge is 0.489 e. The van der Waals surface area contributed by atoms with Crippen molar-refractivity contribution in [3.05, 3.63) is 83.6 Å². The van der Waals surface area contributed by atoms with Crippen molar-refractivity contribution in [2.45, 2.75) is 39.0 Å². The van der Waals surface area contributed by atoms with Gasteiger partial charge in [-0.05, 0) is 66.8 Å². The first-order valence-corrected chi connectivity index (χ1v) is 10.2. The molecule has 0 bridgehead atoms. The highest BCUT2D eigenvalue weighted by molar-refractivity contribution is 5.67. The van der Waals surface area contributed by atoms with Crippen LogP contribution in [0.1, 0.15) is 37.3 Å². The van der Waals surface area contributed by atoms with Crippen molar-refractivity contribution in [2.75, 3.05) is 0 Å². The Morgan fingerprint density at radius 1 is 1.16 bits per heavy atom. The zero-order valence-electron chi connectivity index (χ0n) is 17.6. The quantitative estimate of drug-likeness (QED) is 0.493. The summed E-state index contributed by atoms with van der Waals surface area (Å²) in [4.78, 5) is 10.9. The molecule has 0 spiro atoms. The molecule has 0 saturated heterocycles. The molecule has 0 radical (unpaired) electrons. The Bertz CT molecular complexity index is 1090. The molecule has 0 aliphatic heterocycles. The molecular formula is C26H23F3O3. The fraction of sp³-hybridized carbons (Fsp3) is 0.269. The van der Waals surface area contributed by atoms with Gasteiger partial charge in [-0.15, -0.1) is 5.92 Å². The standard InChI is InChI=1S/C26H23F3O3/c1-2-13-25(16-12-24(30)31)14-10-23(11-15-25)32-18-19-4-3-5-21(17-19)20-6-8-22(9-7-20)26(27,28)29/h3-11,14,17H,12,15-16,18H2,1H3,(H,30,31). The SMILES string of the molecule is CC#CC1(CCC(=O)O)C=CC(OCc2cccc(-c3ccc(C(F)(F)F)cc3)c2)=CC1. The molecule has 1 aliphatic carbocycles. The van der Waals surface area contributed by atoms with Gasteiger partial charge in [0, 0.05) is 6.42 Å². The van der Waals surface area contributed by atoms with Gasteiger partial charge in [-0.3, -0.25) is 4.79 Å². The number of benzene rings is 2. The highest BCUT2D eigenvalue weighted by Crippen LogP contribution is 2.35. The molecule has 6 heteroatoms. The molecule has 3 rings (SSSR count). The number of halogens is 3. The summed E-state index contributed by atoms with van der Waals surface area (Å²) in [5, 5.41) is 8.98. The summed E-state index contributed by atoms with van der Waals surface area (Å²) >= 11 is 0. The molecule has 1 atom stereocenters. The highest BCUT2D eigenvalue weighted by atomic mass is 19.4. The van der Waals surface area contributed by atoms with Crippen LogP contribution in [0.3, 0.4) is 0 Å². The maximum absolute atomic E-state index is 12.8. The Morgan fingerprint density at radius 3 is 2.50 bits per heavy atom. The van der Waals surface area contributed by atoms with Crippen LogP contribution in [0.2, 0.25) is 0 Å². The Hall–Kier alpha value is -3.46. The van der Waals surface area contributed by atoms with Crippen LogP contribution in [-0.4, -0.2) is 11.1 Å². The molecule has 0 fully saturated rings. The number of ether oxygens (including phenoxy) is 1. The first-order valence-electron chi connectivity index (χ1n) is 10.2. The molecular weight excluding hydrogens is 417 g/mol. The van der Waals surface area contributed by atoms with Crippen molar-refractivity contribution in [2.24, 2.45) is 5.41 Å². The minimum atomic E-state index is -4.36. The summed E-state index contributed by atoms with van der Waals surface area (Å²) in [6, 6.07) is 12.5. The molecule has 1 aliphatic rings.